The molecule has 0 bridgehead atoms. The Morgan fingerprint density at radius 3 is 2.58 bits per heavy atom. The predicted octanol–water partition coefficient (Wildman–Crippen LogP) is 1.29. The number of urea groups is 1. The van der Waals surface area contributed by atoms with E-state index in [9.17, 15) is 13.2 Å². The number of nitrogens with two attached hydrogens (primary N) is 1. The van der Waals surface area contributed by atoms with Gasteiger partial charge >= 0.3 is 6.03 Å². The fourth-order valence-electron chi connectivity index (χ4n) is 1.92. The number of hydrogen-bond donors (Lipinski definition) is 1. The van der Waals surface area contributed by atoms with E-state index in [4.69, 9.17) is 5.73 Å². The largest absolute Gasteiger partial charge is 0.351 e. The highest BCUT2D eigenvalue weighted by molar-refractivity contribution is 9.11. The molecule has 2 N–H and O–H groups in total. The molecule has 2 amide bonds. The molecule has 1 aromatic heterocycles. The van der Waals surface area contributed by atoms with Crippen molar-refractivity contribution in [1.82, 2.24) is 9.21 Å². The molecule has 0 spiro atoms. The summed E-state index contributed by atoms with van der Waals surface area (Å²) in [6.07, 6.45) is 0.592. The lowest BCUT2D eigenvalue weighted by atomic mass is 10.4. The molecule has 2 heterocycles. The van der Waals surface area contributed by atoms with E-state index in [1.54, 1.807) is 12.1 Å². The third-order valence-corrected chi connectivity index (χ3v) is 6.90. The third-order valence-electron chi connectivity index (χ3n) is 2.91. The first-order valence-electron chi connectivity index (χ1n) is 5.71. The van der Waals surface area contributed by atoms with Gasteiger partial charge in [0.1, 0.15) is 4.21 Å². The lowest BCUT2D eigenvalue weighted by molar-refractivity contribution is 0.210. The molecule has 0 saturated carbocycles. The molecule has 0 aliphatic carbocycles. The van der Waals surface area contributed by atoms with Crippen molar-refractivity contribution < 1.29 is 13.2 Å². The van der Waals surface area contributed by atoms with Gasteiger partial charge < -0.3 is 10.6 Å². The maximum atomic E-state index is 12.4. The van der Waals surface area contributed by atoms with E-state index in [2.05, 4.69) is 15.9 Å². The monoisotopic (exact) mass is 367 g/mol. The SMILES string of the molecule is NC(=O)N1CCCN(S(=O)(=O)c2ccc(Br)s2)CC1. The summed E-state index contributed by atoms with van der Waals surface area (Å²) >= 11 is 4.44. The fourth-order valence-corrected chi connectivity index (χ4v) is 5.55. The van der Waals surface area contributed by atoms with E-state index in [0.29, 0.717) is 30.3 Å². The molecule has 1 aromatic rings. The Labute approximate surface area is 124 Å². The van der Waals surface area contributed by atoms with Gasteiger partial charge in [-0.15, -0.1) is 11.3 Å². The van der Waals surface area contributed by atoms with Gasteiger partial charge in [0.05, 0.1) is 3.79 Å². The van der Waals surface area contributed by atoms with Crippen LogP contribution < -0.4 is 5.73 Å². The summed E-state index contributed by atoms with van der Waals surface area (Å²) in [7, 11) is -3.47. The van der Waals surface area contributed by atoms with E-state index in [1.807, 2.05) is 0 Å². The molecule has 0 aromatic carbocycles. The number of rotatable bonds is 2. The first-order valence-corrected chi connectivity index (χ1v) is 8.76. The Bertz CT molecular complexity index is 572. The number of amides is 2. The van der Waals surface area contributed by atoms with Gasteiger partial charge in [0.25, 0.3) is 10.0 Å². The summed E-state index contributed by atoms with van der Waals surface area (Å²) in [5.41, 5.74) is 5.22. The number of primary amides is 1. The zero-order chi connectivity index (χ0) is 14.0. The minimum Gasteiger partial charge on any atom is -0.351 e. The van der Waals surface area contributed by atoms with E-state index in [1.165, 1.54) is 20.5 Å². The van der Waals surface area contributed by atoms with Crippen LogP contribution >= 0.6 is 27.3 Å². The summed E-state index contributed by atoms with van der Waals surface area (Å²) in [5.74, 6) is 0. The van der Waals surface area contributed by atoms with Crippen molar-refractivity contribution >= 4 is 43.3 Å². The van der Waals surface area contributed by atoms with Gasteiger partial charge in [-0.25, -0.2) is 13.2 Å². The first-order chi connectivity index (χ1) is 8.91. The number of thiophene rings is 1. The van der Waals surface area contributed by atoms with E-state index in [0.717, 1.165) is 3.79 Å². The van der Waals surface area contributed by atoms with E-state index >= 15 is 0 Å². The first kappa shape index (κ1) is 14.8. The van der Waals surface area contributed by atoms with Crippen LogP contribution in [-0.4, -0.2) is 49.8 Å². The van der Waals surface area contributed by atoms with E-state index in [-0.39, 0.29) is 6.54 Å². The molecule has 2 rings (SSSR count). The van der Waals surface area contributed by atoms with Gasteiger partial charge in [-0.1, -0.05) is 0 Å². The van der Waals surface area contributed by atoms with Gasteiger partial charge in [-0.3, -0.25) is 0 Å². The van der Waals surface area contributed by atoms with Crippen LogP contribution in [0.25, 0.3) is 0 Å². The second-order valence-corrected chi connectivity index (χ2v) is 8.77. The smallest absolute Gasteiger partial charge is 0.314 e. The molecule has 1 aliphatic rings. The minimum atomic E-state index is -3.47. The van der Waals surface area contributed by atoms with Crippen LogP contribution in [0.4, 0.5) is 4.79 Å². The Morgan fingerprint density at radius 2 is 2.00 bits per heavy atom. The Morgan fingerprint density at radius 1 is 1.26 bits per heavy atom. The highest BCUT2D eigenvalue weighted by Gasteiger charge is 2.28. The van der Waals surface area contributed by atoms with Crippen LogP contribution in [0.2, 0.25) is 0 Å². The summed E-state index contributed by atoms with van der Waals surface area (Å²) < 4.78 is 27.3. The Hall–Kier alpha value is -0.640. The molecule has 9 heteroatoms. The zero-order valence-corrected chi connectivity index (χ0v) is 13.3. The molecular weight excluding hydrogens is 354 g/mol. The number of hydrogen-bond acceptors (Lipinski definition) is 4. The number of sulfonamides is 1. The molecule has 0 atom stereocenters. The lowest BCUT2D eigenvalue weighted by Gasteiger charge is -2.19. The van der Waals surface area contributed by atoms with Crippen LogP contribution in [0, 0.1) is 0 Å². The van der Waals surface area contributed by atoms with Crippen LogP contribution in [0.15, 0.2) is 20.1 Å². The van der Waals surface area contributed by atoms with Crippen molar-refractivity contribution in [2.75, 3.05) is 26.2 Å². The molecule has 1 aliphatic heterocycles. The number of carbonyl (C=O) groups excluding carboxylic acids is 1. The normalized spacial score (nSPS) is 18.3. The quantitative estimate of drug-likeness (QED) is 0.854. The summed E-state index contributed by atoms with van der Waals surface area (Å²) in [6, 6.07) is 2.80. The molecule has 6 nitrogen and oxygen atoms in total. The zero-order valence-electron chi connectivity index (χ0n) is 10.1. The number of nitrogens with zero attached hydrogens (tertiary/aromatic N) is 2. The maximum absolute atomic E-state index is 12.4. The molecule has 19 heavy (non-hydrogen) atoms. The Kier molecular flexibility index (Phi) is 4.49. The van der Waals surface area contributed by atoms with Crippen LogP contribution in [0.1, 0.15) is 6.42 Å². The lowest BCUT2D eigenvalue weighted by Crippen LogP contribution is -2.39. The van der Waals surface area contributed by atoms with E-state index < -0.39 is 16.1 Å². The van der Waals surface area contributed by atoms with Gasteiger partial charge in [0.2, 0.25) is 0 Å². The van der Waals surface area contributed by atoms with Gasteiger partial charge in [-0.2, -0.15) is 4.31 Å². The summed E-state index contributed by atoms with van der Waals surface area (Å²) in [6.45, 7) is 1.51. The molecule has 1 saturated heterocycles. The third kappa shape index (κ3) is 3.28. The Balaban J connectivity index is 2.16. The van der Waals surface area contributed by atoms with Crippen molar-refractivity contribution in [3.63, 3.8) is 0 Å². The highest BCUT2D eigenvalue weighted by atomic mass is 79.9. The predicted molar refractivity (Wildman–Crippen MR) is 76.6 cm³/mol. The second-order valence-electron chi connectivity index (χ2n) is 4.14. The number of carbonyl (C=O) groups is 1. The molecule has 0 radical (unpaired) electrons. The van der Waals surface area contributed by atoms with Crippen LogP contribution in [-0.2, 0) is 10.0 Å². The minimum absolute atomic E-state index is 0.279. The average Bonchev–Trinajstić information content (AvgIpc) is 2.65. The fraction of sp³-hybridized carbons (Fsp3) is 0.500. The summed E-state index contributed by atoms with van der Waals surface area (Å²) in [4.78, 5) is 12.6. The van der Waals surface area contributed by atoms with Gasteiger partial charge in [0.15, 0.2) is 0 Å². The molecule has 1 fully saturated rings. The summed E-state index contributed by atoms with van der Waals surface area (Å²) in [5, 5.41) is 0. The van der Waals surface area contributed by atoms with Crippen molar-refractivity contribution in [3.05, 3.63) is 15.9 Å². The van der Waals surface area contributed by atoms with Crippen LogP contribution in [0.3, 0.4) is 0 Å². The van der Waals surface area contributed by atoms with Crippen molar-refractivity contribution in [3.8, 4) is 0 Å². The second kappa shape index (κ2) is 5.78. The van der Waals surface area contributed by atoms with Crippen molar-refractivity contribution in [2.24, 2.45) is 5.73 Å². The van der Waals surface area contributed by atoms with Gasteiger partial charge in [-0.05, 0) is 34.5 Å². The standard InChI is InChI=1S/C10H14BrN3O3S2/c11-8-2-3-9(18-8)19(16,17)14-5-1-4-13(6-7-14)10(12)15/h2-3H,1,4-7H2,(H2,12,15). The molecular formula is C10H14BrN3O3S2. The number of halogens is 1. The van der Waals surface area contributed by atoms with Crippen molar-refractivity contribution in [1.29, 1.82) is 0 Å². The molecule has 106 valence electrons. The average molecular weight is 368 g/mol. The topological polar surface area (TPSA) is 83.7 Å². The van der Waals surface area contributed by atoms with Gasteiger partial charge in [0, 0.05) is 26.2 Å². The van der Waals surface area contributed by atoms with Crippen LogP contribution in [0.5, 0.6) is 0 Å². The molecule has 0 unspecified atom stereocenters. The highest BCUT2D eigenvalue weighted by Crippen LogP contribution is 2.28. The maximum Gasteiger partial charge on any atom is 0.314 e. The van der Waals surface area contributed by atoms with Crippen molar-refractivity contribution in [2.45, 2.75) is 10.6 Å².